The predicted molar refractivity (Wildman–Crippen MR) is 70.6 cm³/mol. The lowest BCUT2D eigenvalue weighted by Crippen LogP contribution is -2.36. The van der Waals surface area contributed by atoms with Crippen LogP contribution < -0.4 is 11.1 Å². The van der Waals surface area contributed by atoms with Gasteiger partial charge in [0.25, 0.3) is 0 Å². The summed E-state index contributed by atoms with van der Waals surface area (Å²) in [7, 11) is 0. The molecule has 16 heavy (non-hydrogen) atoms. The van der Waals surface area contributed by atoms with Gasteiger partial charge in [-0.25, -0.2) is 0 Å². The second-order valence-electron chi connectivity index (χ2n) is 4.60. The highest BCUT2D eigenvalue weighted by Gasteiger charge is 2.23. The van der Waals surface area contributed by atoms with Gasteiger partial charge >= 0.3 is 0 Å². The molecule has 3 nitrogen and oxygen atoms in total. The Morgan fingerprint density at radius 3 is 2.62 bits per heavy atom. The molecule has 1 saturated carbocycles. The normalized spacial score (nSPS) is 25.4. The SMILES string of the molecule is CSCCCCNC(=O)C1CCC(N)CC1. The van der Waals surface area contributed by atoms with Crippen molar-refractivity contribution in [1.29, 1.82) is 0 Å². The second-order valence-corrected chi connectivity index (χ2v) is 5.59. The van der Waals surface area contributed by atoms with E-state index in [2.05, 4.69) is 11.6 Å². The van der Waals surface area contributed by atoms with Crippen molar-refractivity contribution >= 4 is 17.7 Å². The first-order valence-electron chi connectivity index (χ1n) is 6.26. The van der Waals surface area contributed by atoms with Crippen LogP contribution >= 0.6 is 11.8 Å². The molecule has 94 valence electrons. The minimum atomic E-state index is 0.223. The number of nitrogens with two attached hydrogens (primary N) is 1. The van der Waals surface area contributed by atoms with Gasteiger partial charge in [0.15, 0.2) is 0 Å². The van der Waals surface area contributed by atoms with E-state index in [0.717, 1.165) is 38.6 Å². The molecule has 1 fully saturated rings. The summed E-state index contributed by atoms with van der Waals surface area (Å²) in [4.78, 5) is 11.8. The van der Waals surface area contributed by atoms with E-state index in [1.54, 1.807) is 0 Å². The van der Waals surface area contributed by atoms with Crippen molar-refractivity contribution in [2.75, 3.05) is 18.6 Å². The van der Waals surface area contributed by atoms with Gasteiger partial charge in [-0.1, -0.05) is 0 Å². The Balaban J connectivity index is 2.06. The summed E-state index contributed by atoms with van der Waals surface area (Å²) in [5.41, 5.74) is 5.82. The first kappa shape index (κ1) is 13.8. The number of rotatable bonds is 6. The van der Waals surface area contributed by atoms with Crippen LogP contribution in [0.2, 0.25) is 0 Å². The lowest BCUT2D eigenvalue weighted by Gasteiger charge is -2.25. The summed E-state index contributed by atoms with van der Waals surface area (Å²) < 4.78 is 0. The number of hydrogen-bond acceptors (Lipinski definition) is 3. The number of carbonyl (C=O) groups excluding carboxylic acids is 1. The molecule has 0 aromatic rings. The third-order valence-corrected chi connectivity index (χ3v) is 3.91. The van der Waals surface area contributed by atoms with Crippen LogP contribution in [0, 0.1) is 5.92 Å². The van der Waals surface area contributed by atoms with E-state index in [1.165, 1.54) is 12.2 Å². The van der Waals surface area contributed by atoms with Crippen molar-refractivity contribution in [3.05, 3.63) is 0 Å². The van der Waals surface area contributed by atoms with E-state index in [4.69, 9.17) is 5.73 Å². The monoisotopic (exact) mass is 244 g/mol. The molecule has 1 rings (SSSR count). The second kappa shape index (κ2) is 7.96. The molecule has 0 heterocycles. The number of amides is 1. The third-order valence-electron chi connectivity index (χ3n) is 3.22. The van der Waals surface area contributed by atoms with Crippen molar-refractivity contribution in [3.8, 4) is 0 Å². The molecule has 0 atom stereocenters. The Morgan fingerprint density at radius 1 is 1.31 bits per heavy atom. The minimum Gasteiger partial charge on any atom is -0.356 e. The summed E-state index contributed by atoms with van der Waals surface area (Å²) in [5, 5.41) is 3.04. The summed E-state index contributed by atoms with van der Waals surface area (Å²) >= 11 is 1.86. The molecule has 3 N–H and O–H groups in total. The van der Waals surface area contributed by atoms with Gasteiger partial charge in [-0.15, -0.1) is 0 Å². The number of thioether (sulfide) groups is 1. The van der Waals surface area contributed by atoms with Crippen LogP contribution in [0.1, 0.15) is 38.5 Å². The van der Waals surface area contributed by atoms with Gasteiger partial charge in [0, 0.05) is 18.5 Å². The van der Waals surface area contributed by atoms with Gasteiger partial charge in [-0.2, -0.15) is 11.8 Å². The van der Waals surface area contributed by atoms with E-state index in [0.29, 0.717) is 6.04 Å². The van der Waals surface area contributed by atoms with Gasteiger partial charge in [-0.05, 0) is 50.5 Å². The Labute approximate surface area is 103 Å². The van der Waals surface area contributed by atoms with E-state index in [9.17, 15) is 4.79 Å². The number of hydrogen-bond donors (Lipinski definition) is 2. The lowest BCUT2D eigenvalue weighted by atomic mass is 9.86. The zero-order chi connectivity index (χ0) is 11.8. The van der Waals surface area contributed by atoms with Crippen molar-refractivity contribution in [2.45, 2.75) is 44.6 Å². The fourth-order valence-corrected chi connectivity index (χ4v) is 2.60. The summed E-state index contributed by atoms with van der Waals surface area (Å²) in [5.74, 6) is 1.66. The molecule has 0 aromatic carbocycles. The molecule has 0 radical (unpaired) electrons. The van der Waals surface area contributed by atoms with E-state index in [1.807, 2.05) is 11.8 Å². The standard InChI is InChI=1S/C12H24N2OS/c1-16-9-3-2-8-14-12(15)10-4-6-11(13)7-5-10/h10-11H,2-9,13H2,1H3,(H,14,15). The predicted octanol–water partition coefficient (Wildman–Crippen LogP) is 1.76. The molecule has 0 saturated heterocycles. The molecular weight excluding hydrogens is 220 g/mol. The molecule has 1 aliphatic carbocycles. The van der Waals surface area contributed by atoms with E-state index >= 15 is 0 Å². The highest BCUT2D eigenvalue weighted by Crippen LogP contribution is 2.23. The summed E-state index contributed by atoms with van der Waals surface area (Å²) in [6.45, 7) is 0.835. The van der Waals surface area contributed by atoms with Gasteiger partial charge < -0.3 is 11.1 Å². The van der Waals surface area contributed by atoms with Crippen molar-refractivity contribution in [1.82, 2.24) is 5.32 Å². The summed E-state index contributed by atoms with van der Waals surface area (Å²) in [6, 6.07) is 0.325. The Hall–Kier alpha value is -0.220. The molecule has 0 unspecified atom stereocenters. The van der Waals surface area contributed by atoms with Crippen molar-refractivity contribution in [3.63, 3.8) is 0 Å². The molecule has 1 amide bonds. The smallest absolute Gasteiger partial charge is 0.223 e. The van der Waals surface area contributed by atoms with Crippen LogP contribution in [-0.2, 0) is 4.79 Å². The highest BCUT2D eigenvalue weighted by atomic mass is 32.2. The first-order valence-corrected chi connectivity index (χ1v) is 7.65. The molecule has 0 aromatic heterocycles. The Bertz CT molecular complexity index is 203. The maximum atomic E-state index is 11.8. The van der Waals surface area contributed by atoms with Gasteiger partial charge in [0.05, 0.1) is 0 Å². The van der Waals surface area contributed by atoms with Gasteiger partial charge in [-0.3, -0.25) is 4.79 Å². The van der Waals surface area contributed by atoms with Crippen LogP contribution in [0.3, 0.4) is 0 Å². The van der Waals surface area contributed by atoms with Crippen LogP contribution in [0.4, 0.5) is 0 Å². The van der Waals surface area contributed by atoms with Crippen LogP contribution in [0.25, 0.3) is 0 Å². The van der Waals surface area contributed by atoms with Crippen LogP contribution in [-0.4, -0.2) is 30.5 Å². The number of unbranched alkanes of at least 4 members (excludes halogenated alkanes) is 1. The first-order chi connectivity index (χ1) is 7.74. The molecular formula is C12H24N2OS. The third kappa shape index (κ3) is 5.21. The molecule has 0 bridgehead atoms. The van der Waals surface area contributed by atoms with Crippen LogP contribution in [0.5, 0.6) is 0 Å². The Kier molecular flexibility index (Phi) is 6.88. The topological polar surface area (TPSA) is 55.1 Å². The molecule has 0 aliphatic heterocycles. The molecule has 0 spiro atoms. The zero-order valence-electron chi connectivity index (χ0n) is 10.2. The van der Waals surface area contributed by atoms with E-state index < -0.39 is 0 Å². The largest absolute Gasteiger partial charge is 0.356 e. The van der Waals surface area contributed by atoms with Gasteiger partial charge in [0.1, 0.15) is 0 Å². The van der Waals surface area contributed by atoms with Crippen LogP contribution in [0.15, 0.2) is 0 Å². The Morgan fingerprint density at radius 2 is 2.00 bits per heavy atom. The number of carbonyl (C=O) groups is 1. The maximum absolute atomic E-state index is 11.8. The average molecular weight is 244 g/mol. The maximum Gasteiger partial charge on any atom is 0.223 e. The average Bonchev–Trinajstić information content (AvgIpc) is 2.29. The highest BCUT2D eigenvalue weighted by molar-refractivity contribution is 7.98. The minimum absolute atomic E-state index is 0.223. The van der Waals surface area contributed by atoms with Gasteiger partial charge in [0.2, 0.25) is 5.91 Å². The molecule has 1 aliphatic rings. The fourth-order valence-electron chi connectivity index (χ4n) is 2.11. The fraction of sp³-hybridized carbons (Fsp3) is 0.917. The number of nitrogens with one attached hydrogen (secondary N) is 1. The zero-order valence-corrected chi connectivity index (χ0v) is 11.0. The summed E-state index contributed by atoms with van der Waals surface area (Å²) in [6.07, 6.45) is 8.35. The lowest BCUT2D eigenvalue weighted by molar-refractivity contribution is -0.125. The molecule has 4 heteroatoms. The van der Waals surface area contributed by atoms with Crippen molar-refractivity contribution < 1.29 is 4.79 Å². The quantitative estimate of drug-likeness (QED) is 0.700. The van der Waals surface area contributed by atoms with E-state index in [-0.39, 0.29) is 11.8 Å². The van der Waals surface area contributed by atoms with Crippen molar-refractivity contribution in [2.24, 2.45) is 11.7 Å².